The Morgan fingerprint density at radius 1 is 1.50 bits per heavy atom. The second-order valence-electron chi connectivity index (χ2n) is 2.90. The van der Waals surface area contributed by atoms with E-state index in [0.29, 0.717) is 0 Å². The largest absolute Gasteiger partial charge is 0.251 e. The number of aromatic nitrogens is 2. The first-order valence-corrected chi connectivity index (χ1v) is 5.84. The lowest BCUT2D eigenvalue weighted by Crippen LogP contribution is -2.23. The topological polar surface area (TPSA) is 72.0 Å². The molecular weight excluding hydrogens is 226 g/mol. The Hall–Kier alpha value is -0.880. The minimum absolute atomic E-state index is 0.00815. The molecule has 0 bridgehead atoms. The molecule has 1 N–H and O–H groups in total. The predicted octanol–water partition coefficient (Wildman–Crippen LogP) is 1.28. The van der Waals surface area contributed by atoms with Crippen LogP contribution in [0.1, 0.15) is 13.8 Å². The summed E-state index contributed by atoms with van der Waals surface area (Å²) >= 11 is 5.57. The number of rotatable bonds is 3. The first kappa shape index (κ1) is 11.2. The Morgan fingerprint density at radius 2 is 2.14 bits per heavy atom. The monoisotopic (exact) mass is 235 g/mol. The molecule has 1 aromatic heterocycles. The van der Waals surface area contributed by atoms with E-state index < -0.39 is 15.3 Å². The van der Waals surface area contributed by atoms with E-state index in [1.165, 1.54) is 12.3 Å². The molecule has 7 heteroatoms. The van der Waals surface area contributed by atoms with E-state index >= 15 is 0 Å². The fraction of sp³-hybridized carbons (Fsp3) is 0.429. The predicted molar refractivity (Wildman–Crippen MR) is 54.7 cm³/mol. The van der Waals surface area contributed by atoms with Gasteiger partial charge < -0.3 is 0 Å². The van der Waals surface area contributed by atoms with E-state index in [4.69, 9.17) is 11.6 Å². The zero-order valence-electron chi connectivity index (χ0n) is 7.73. The van der Waals surface area contributed by atoms with E-state index in [1.807, 2.05) is 0 Å². The van der Waals surface area contributed by atoms with Crippen molar-refractivity contribution in [2.45, 2.75) is 19.1 Å². The van der Waals surface area contributed by atoms with Crippen LogP contribution < -0.4 is 4.72 Å². The summed E-state index contributed by atoms with van der Waals surface area (Å²) in [6.45, 7) is 3.12. The molecule has 0 amide bonds. The summed E-state index contributed by atoms with van der Waals surface area (Å²) < 4.78 is 25.0. The van der Waals surface area contributed by atoms with Gasteiger partial charge in [-0.1, -0.05) is 11.6 Å². The first-order valence-electron chi connectivity index (χ1n) is 3.92. The third kappa shape index (κ3) is 2.81. The maximum Gasteiger partial charge on any atom is 0.237 e. The van der Waals surface area contributed by atoms with Gasteiger partial charge in [-0.3, -0.25) is 4.72 Å². The molecule has 0 radical (unpaired) electrons. The van der Waals surface area contributed by atoms with Crippen LogP contribution in [0.2, 0.25) is 5.15 Å². The number of hydrogen-bond acceptors (Lipinski definition) is 4. The van der Waals surface area contributed by atoms with Crippen molar-refractivity contribution in [2.24, 2.45) is 0 Å². The van der Waals surface area contributed by atoms with Crippen molar-refractivity contribution in [3.05, 3.63) is 17.4 Å². The third-order valence-electron chi connectivity index (χ3n) is 1.48. The van der Waals surface area contributed by atoms with Gasteiger partial charge in [-0.2, -0.15) is 0 Å². The maximum absolute atomic E-state index is 11.4. The number of hydrogen-bond donors (Lipinski definition) is 1. The standard InChI is InChI=1S/C7H10ClN3O2S/c1-5(2)14(12,13)11-7-9-4-3-6(8)10-7/h3-5H,1-2H3,(H,9,10,11). The van der Waals surface area contributed by atoms with Gasteiger partial charge in [0.1, 0.15) is 5.15 Å². The van der Waals surface area contributed by atoms with Gasteiger partial charge in [-0.15, -0.1) is 0 Å². The highest BCUT2D eigenvalue weighted by molar-refractivity contribution is 7.93. The Bertz CT molecular complexity index is 419. The van der Waals surface area contributed by atoms with Crippen molar-refractivity contribution < 1.29 is 8.42 Å². The Morgan fingerprint density at radius 3 is 2.64 bits per heavy atom. The lowest BCUT2D eigenvalue weighted by molar-refractivity contribution is 0.592. The molecule has 0 saturated carbocycles. The zero-order chi connectivity index (χ0) is 10.8. The summed E-state index contributed by atoms with van der Waals surface area (Å²) in [5.74, 6) is -0.00815. The molecule has 0 unspecified atom stereocenters. The summed E-state index contributed by atoms with van der Waals surface area (Å²) in [5.41, 5.74) is 0. The lowest BCUT2D eigenvalue weighted by atomic mass is 10.6. The average molecular weight is 236 g/mol. The number of halogens is 1. The van der Waals surface area contributed by atoms with Gasteiger partial charge in [0.15, 0.2) is 0 Å². The number of sulfonamides is 1. The molecular formula is C7H10ClN3O2S. The fourth-order valence-corrected chi connectivity index (χ4v) is 1.36. The van der Waals surface area contributed by atoms with Crippen LogP contribution in [0.15, 0.2) is 12.3 Å². The van der Waals surface area contributed by atoms with Gasteiger partial charge in [0, 0.05) is 6.20 Å². The van der Waals surface area contributed by atoms with Crippen LogP contribution in [-0.2, 0) is 10.0 Å². The van der Waals surface area contributed by atoms with Crippen molar-refractivity contribution in [3.8, 4) is 0 Å². The molecule has 1 aromatic rings. The molecule has 1 heterocycles. The highest BCUT2D eigenvalue weighted by Crippen LogP contribution is 2.09. The zero-order valence-corrected chi connectivity index (χ0v) is 9.30. The number of nitrogens with one attached hydrogen (secondary N) is 1. The minimum Gasteiger partial charge on any atom is -0.251 e. The van der Waals surface area contributed by atoms with Crippen LogP contribution >= 0.6 is 11.6 Å². The maximum atomic E-state index is 11.4. The summed E-state index contributed by atoms with van der Waals surface area (Å²) in [4.78, 5) is 7.43. The molecule has 0 aromatic carbocycles. The van der Waals surface area contributed by atoms with Gasteiger partial charge in [-0.25, -0.2) is 18.4 Å². The highest BCUT2D eigenvalue weighted by Gasteiger charge is 2.16. The number of anilines is 1. The molecule has 0 atom stereocenters. The molecule has 0 fully saturated rings. The van der Waals surface area contributed by atoms with Crippen molar-refractivity contribution in [1.82, 2.24) is 9.97 Å². The smallest absolute Gasteiger partial charge is 0.237 e. The molecule has 0 aliphatic heterocycles. The summed E-state index contributed by atoms with van der Waals surface area (Å²) in [6, 6.07) is 1.47. The van der Waals surface area contributed by atoms with E-state index in [-0.39, 0.29) is 11.1 Å². The van der Waals surface area contributed by atoms with Crippen molar-refractivity contribution in [2.75, 3.05) is 4.72 Å². The lowest BCUT2D eigenvalue weighted by Gasteiger charge is -2.08. The summed E-state index contributed by atoms with van der Waals surface area (Å²) in [6.07, 6.45) is 1.38. The van der Waals surface area contributed by atoms with Gasteiger partial charge in [0.25, 0.3) is 0 Å². The van der Waals surface area contributed by atoms with Gasteiger partial charge >= 0.3 is 0 Å². The van der Waals surface area contributed by atoms with Crippen LogP contribution in [0.4, 0.5) is 5.95 Å². The van der Waals surface area contributed by atoms with E-state index in [1.54, 1.807) is 13.8 Å². The van der Waals surface area contributed by atoms with Crippen molar-refractivity contribution >= 4 is 27.6 Å². The first-order chi connectivity index (χ1) is 6.42. The van der Waals surface area contributed by atoms with Gasteiger partial charge in [0.05, 0.1) is 5.25 Å². The SMILES string of the molecule is CC(C)S(=O)(=O)Nc1nccc(Cl)n1. The average Bonchev–Trinajstić information content (AvgIpc) is 2.02. The molecule has 78 valence electrons. The summed E-state index contributed by atoms with van der Waals surface area (Å²) in [5, 5.41) is -0.341. The van der Waals surface area contributed by atoms with Crippen LogP contribution in [0, 0.1) is 0 Å². The normalized spacial score (nSPS) is 11.7. The second-order valence-corrected chi connectivity index (χ2v) is 5.52. The van der Waals surface area contributed by atoms with Crippen LogP contribution in [-0.4, -0.2) is 23.6 Å². The number of nitrogens with zero attached hydrogens (tertiary/aromatic N) is 2. The van der Waals surface area contributed by atoms with Crippen molar-refractivity contribution in [3.63, 3.8) is 0 Å². The molecule has 0 aliphatic rings. The quantitative estimate of drug-likeness (QED) is 0.802. The van der Waals surface area contributed by atoms with E-state index in [9.17, 15) is 8.42 Å². The molecule has 5 nitrogen and oxygen atoms in total. The van der Waals surface area contributed by atoms with E-state index in [0.717, 1.165) is 0 Å². The van der Waals surface area contributed by atoms with Crippen LogP contribution in [0.3, 0.4) is 0 Å². The van der Waals surface area contributed by atoms with Crippen LogP contribution in [0.5, 0.6) is 0 Å². The van der Waals surface area contributed by atoms with Crippen LogP contribution in [0.25, 0.3) is 0 Å². The van der Waals surface area contributed by atoms with E-state index in [2.05, 4.69) is 14.7 Å². The molecule has 0 aliphatic carbocycles. The molecule has 0 spiro atoms. The Balaban J connectivity index is 2.90. The Kier molecular flexibility index (Phi) is 3.28. The minimum atomic E-state index is -3.40. The molecule has 14 heavy (non-hydrogen) atoms. The summed E-state index contributed by atoms with van der Waals surface area (Å²) in [7, 11) is -3.40. The fourth-order valence-electron chi connectivity index (χ4n) is 0.631. The third-order valence-corrected chi connectivity index (χ3v) is 3.39. The highest BCUT2D eigenvalue weighted by atomic mass is 35.5. The second kappa shape index (κ2) is 4.10. The van der Waals surface area contributed by atoms with Gasteiger partial charge in [-0.05, 0) is 19.9 Å². The van der Waals surface area contributed by atoms with Gasteiger partial charge in [0.2, 0.25) is 16.0 Å². The molecule has 0 saturated heterocycles. The molecule has 1 rings (SSSR count). The Labute approximate surface area is 87.6 Å². The van der Waals surface area contributed by atoms with Crippen molar-refractivity contribution in [1.29, 1.82) is 0 Å².